The Balaban J connectivity index is 1.94. The van der Waals surface area contributed by atoms with Gasteiger partial charge in [0.1, 0.15) is 23.0 Å². The summed E-state index contributed by atoms with van der Waals surface area (Å²) >= 11 is 0. The number of aliphatic imine (C=N–C) groups is 4. The molecule has 72 heavy (non-hydrogen) atoms. The molecule has 16 nitrogen and oxygen atoms in total. The first kappa shape index (κ1) is 56.1. The van der Waals surface area contributed by atoms with E-state index in [1.165, 1.54) is 0 Å². The lowest BCUT2D eigenvalue weighted by Gasteiger charge is -2.24. The summed E-state index contributed by atoms with van der Waals surface area (Å²) in [6, 6.07) is 15.8. The van der Waals surface area contributed by atoms with Crippen LogP contribution in [0.4, 0.5) is 22.7 Å². The Hall–Kier alpha value is -6.84. The standard InChI is InChI=1S/C56H84N12O4/c1-5-9-13-17-21-69-49-37-25-39-31-46(66-54(59)60)33-41(50(39)70-22-18-14-10-6-2)27-43-35-48(68-56(63)64)36-44(52(43)72-24-20-16-12-8-4)28-42-34-47(67-55(61)62)32-40(51(42)71-23-19-15-11-7-3)26-38(49)30-45(29-37)65-53(57)58/h29-36H,5-28H2,1-4H3,(H4,57,58,65)(H4,59,60,66)(H4,61,62,67)(H4,63,64,68). The summed E-state index contributed by atoms with van der Waals surface area (Å²) in [5.74, 6) is 2.55. The molecule has 0 fully saturated rings. The average Bonchev–Trinajstić information content (AvgIpc) is 3.30. The lowest BCUT2D eigenvalue weighted by Crippen LogP contribution is -2.22. The Labute approximate surface area is 428 Å². The lowest BCUT2D eigenvalue weighted by molar-refractivity contribution is 0.293. The fraction of sp³-hybridized carbons (Fsp3) is 0.500. The Bertz CT molecular complexity index is 2050. The van der Waals surface area contributed by atoms with E-state index in [0.717, 1.165) is 147 Å². The van der Waals surface area contributed by atoms with E-state index < -0.39 is 0 Å². The second kappa shape index (κ2) is 29.5. The Morgan fingerprint density at radius 3 is 0.639 bits per heavy atom. The zero-order valence-corrected chi connectivity index (χ0v) is 43.6. The number of benzene rings is 4. The van der Waals surface area contributed by atoms with Crippen molar-refractivity contribution in [3.05, 3.63) is 93.0 Å². The minimum atomic E-state index is -0.0758. The summed E-state index contributed by atoms with van der Waals surface area (Å²) in [6.45, 7) is 10.8. The highest BCUT2D eigenvalue weighted by atomic mass is 16.5. The van der Waals surface area contributed by atoms with Crippen LogP contribution in [0.5, 0.6) is 23.0 Å². The molecule has 4 aromatic rings. The maximum atomic E-state index is 6.96. The number of fused-ring (bicyclic) bond motifs is 8. The van der Waals surface area contributed by atoms with Crippen LogP contribution in [0.1, 0.15) is 175 Å². The van der Waals surface area contributed by atoms with Gasteiger partial charge in [0.05, 0.1) is 49.2 Å². The van der Waals surface area contributed by atoms with Gasteiger partial charge in [-0.25, -0.2) is 20.0 Å². The third kappa shape index (κ3) is 17.8. The summed E-state index contributed by atoms with van der Waals surface area (Å²) in [4.78, 5) is 18.5. The van der Waals surface area contributed by atoms with E-state index in [2.05, 4.69) is 47.7 Å². The number of hydrogen-bond donors (Lipinski definition) is 8. The summed E-state index contributed by atoms with van der Waals surface area (Å²) in [6.07, 6.45) is 17.8. The molecule has 0 radical (unpaired) electrons. The molecule has 0 amide bonds. The third-order valence-electron chi connectivity index (χ3n) is 12.4. The topological polar surface area (TPSA) is 295 Å². The predicted octanol–water partition coefficient (Wildman–Crippen LogP) is 9.82. The van der Waals surface area contributed by atoms with Crippen molar-refractivity contribution in [3.8, 4) is 23.0 Å². The van der Waals surface area contributed by atoms with Gasteiger partial charge in [0, 0.05) is 70.2 Å². The first-order valence-corrected chi connectivity index (χ1v) is 26.3. The fourth-order valence-electron chi connectivity index (χ4n) is 9.22. The van der Waals surface area contributed by atoms with Crippen molar-refractivity contribution in [2.45, 2.75) is 156 Å². The monoisotopic (exact) mass is 989 g/mol. The highest BCUT2D eigenvalue weighted by molar-refractivity contribution is 5.82. The van der Waals surface area contributed by atoms with Crippen molar-refractivity contribution >= 4 is 46.6 Å². The molecular formula is C56H84N12O4. The first-order valence-electron chi connectivity index (χ1n) is 26.3. The van der Waals surface area contributed by atoms with Crippen LogP contribution < -0.4 is 64.8 Å². The van der Waals surface area contributed by atoms with Crippen molar-refractivity contribution in [1.29, 1.82) is 0 Å². The quantitative estimate of drug-likeness (QED) is 0.0132. The molecule has 16 heteroatoms. The molecule has 0 unspecified atom stereocenters. The molecule has 0 aromatic heterocycles. The van der Waals surface area contributed by atoms with Crippen LogP contribution in [0.25, 0.3) is 0 Å². The Kier molecular flexibility index (Phi) is 23.0. The van der Waals surface area contributed by atoms with Crippen LogP contribution in [0.3, 0.4) is 0 Å². The maximum Gasteiger partial charge on any atom is 0.191 e. The van der Waals surface area contributed by atoms with Crippen molar-refractivity contribution in [2.24, 2.45) is 65.8 Å². The number of ether oxygens (including phenoxy) is 4. The highest BCUT2D eigenvalue weighted by Gasteiger charge is 2.25. The predicted molar refractivity (Wildman–Crippen MR) is 297 cm³/mol. The van der Waals surface area contributed by atoms with Gasteiger partial charge in [0.25, 0.3) is 0 Å². The lowest BCUT2D eigenvalue weighted by atomic mass is 9.90. The van der Waals surface area contributed by atoms with Crippen LogP contribution in [-0.4, -0.2) is 50.3 Å². The van der Waals surface area contributed by atoms with Gasteiger partial charge < -0.3 is 64.8 Å². The summed E-state index contributed by atoms with van der Waals surface area (Å²) in [5.41, 5.74) is 58.0. The van der Waals surface area contributed by atoms with E-state index in [0.29, 0.717) is 97.9 Å². The average molecular weight is 989 g/mol. The van der Waals surface area contributed by atoms with Crippen LogP contribution in [0.15, 0.2) is 68.5 Å². The molecule has 1 aliphatic carbocycles. The van der Waals surface area contributed by atoms with E-state index in [1.54, 1.807) is 0 Å². The molecule has 4 aromatic carbocycles. The highest BCUT2D eigenvalue weighted by Crippen LogP contribution is 2.44. The van der Waals surface area contributed by atoms with Gasteiger partial charge >= 0.3 is 0 Å². The van der Waals surface area contributed by atoms with Crippen LogP contribution in [0, 0.1) is 0 Å². The molecule has 0 heterocycles. The van der Waals surface area contributed by atoms with Crippen molar-refractivity contribution in [2.75, 3.05) is 26.4 Å². The summed E-state index contributed by atoms with van der Waals surface area (Å²) in [5, 5.41) is 0. The SMILES string of the molecule is CCCCCCOc1c2cc(N=C(N)N)cc1Cc1cc(N=C(N)N)cc(c1OCCCCCC)Cc1cc(N=C(N)N)cc(c1OCCCCCC)Cc1cc(N=C(N)N)cc(c1OCCCCCC)C2. The van der Waals surface area contributed by atoms with Crippen LogP contribution in [0.2, 0.25) is 0 Å². The number of nitrogens with two attached hydrogens (primary N) is 8. The number of rotatable bonds is 28. The van der Waals surface area contributed by atoms with E-state index >= 15 is 0 Å². The second-order valence-corrected chi connectivity index (χ2v) is 18.9. The maximum absolute atomic E-state index is 6.96. The zero-order chi connectivity index (χ0) is 51.8. The Morgan fingerprint density at radius 1 is 0.306 bits per heavy atom. The minimum absolute atomic E-state index is 0.0758. The van der Waals surface area contributed by atoms with Crippen molar-refractivity contribution < 1.29 is 18.9 Å². The van der Waals surface area contributed by atoms with Gasteiger partial charge in [-0.2, -0.15) is 0 Å². The number of unbranched alkanes of at least 4 members (excludes halogenated alkanes) is 12. The molecule has 0 saturated heterocycles. The first-order chi connectivity index (χ1) is 34.8. The molecule has 16 N–H and O–H groups in total. The minimum Gasteiger partial charge on any atom is -0.493 e. The van der Waals surface area contributed by atoms with E-state index in [4.69, 9.17) is 64.8 Å². The molecule has 0 saturated carbocycles. The van der Waals surface area contributed by atoms with E-state index in [1.807, 2.05) is 48.5 Å². The molecule has 0 atom stereocenters. The number of nitrogens with zero attached hydrogens (tertiary/aromatic N) is 4. The van der Waals surface area contributed by atoms with Gasteiger partial charge in [-0.3, -0.25) is 0 Å². The molecule has 0 aliphatic heterocycles. The number of guanidine groups is 4. The number of hydrogen-bond acceptors (Lipinski definition) is 8. The third-order valence-corrected chi connectivity index (χ3v) is 12.4. The fourth-order valence-corrected chi connectivity index (χ4v) is 9.22. The van der Waals surface area contributed by atoms with Gasteiger partial charge in [0.2, 0.25) is 0 Å². The summed E-state index contributed by atoms with van der Waals surface area (Å²) in [7, 11) is 0. The molecule has 0 spiro atoms. The van der Waals surface area contributed by atoms with Crippen LogP contribution >= 0.6 is 0 Å². The van der Waals surface area contributed by atoms with E-state index in [9.17, 15) is 0 Å². The zero-order valence-electron chi connectivity index (χ0n) is 43.6. The smallest absolute Gasteiger partial charge is 0.191 e. The Morgan fingerprint density at radius 2 is 0.486 bits per heavy atom. The van der Waals surface area contributed by atoms with Gasteiger partial charge in [-0.1, -0.05) is 105 Å². The van der Waals surface area contributed by atoms with Crippen molar-refractivity contribution in [1.82, 2.24) is 0 Å². The van der Waals surface area contributed by atoms with E-state index in [-0.39, 0.29) is 23.8 Å². The molecule has 1 aliphatic rings. The normalized spacial score (nSPS) is 11.8. The largest absolute Gasteiger partial charge is 0.493 e. The molecule has 5 rings (SSSR count). The van der Waals surface area contributed by atoms with Gasteiger partial charge in [-0.15, -0.1) is 0 Å². The molecule has 392 valence electrons. The molecular weight excluding hydrogens is 905 g/mol. The van der Waals surface area contributed by atoms with Gasteiger partial charge in [-0.05, 0) is 74.2 Å². The van der Waals surface area contributed by atoms with Gasteiger partial charge in [0.15, 0.2) is 23.8 Å². The van der Waals surface area contributed by atoms with Crippen molar-refractivity contribution in [3.63, 3.8) is 0 Å². The molecule has 8 bridgehead atoms. The summed E-state index contributed by atoms with van der Waals surface area (Å²) < 4.78 is 27.9. The second-order valence-electron chi connectivity index (χ2n) is 18.9. The van der Waals surface area contributed by atoms with Crippen LogP contribution in [-0.2, 0) is 25.7 Å².